The lowest BCUT2D eigenvalue weighted by molar-refractivity contribution is 0.697. The third-order valence-electron chi connectivity index (χ3n) is 1.55. The summed E-state index contributed by atoms with van der Waals surface area (Å²) in [4.78, 5) is 0. The van der Waals surface area contributed by atoms with Crippen molar-refractivity contribution in [1.29, 1.82) is 0 Å². The Balaban J connectivity index is 2.42. The molecule has 2 atom stereocenters. The fraction of sp³-hybridized carbons (Fsp3) is 0.500. The van der Waals surface area contributed by atoms with Gasteiger partial charge < -0.3 is 0 Å². The molecule has 0 saturated carbocycles. The van der Waals surface area contributed by atoms with E-state index < -0.39 is 0 Å². The molecule has 0 radical (unpaired) electrons. The highest BCUT2D eigenvalue weighted by molar-refractivity contribution is 5.11. The summed E-state index contributed by atoms with van der Waals surface area (Å²) in [6.45, 7) is 0. The number of hydrogen-bond donors (Lipinski definition) is 1. The first-order valence-corrected chi connectivity index (χ1v) is 3.05. The Morgan fingerprint density at radius 3 is 1.78 bits per heavy atom. The van der Waals surface area contributed by atoms with Crippen molar-refractivity contribution in [2.24, 2.45) is 0 Å². The molecule has 1 nitrogen and oxygen atoms in total. The van der Waals surface area contributed by atoms with Crippen molar-refractivity contribution in [3.05, 3.63) is 0 Å². The molecule has 1 saturated heterocycles. The largest absolute Gasteiger partial charge is 0.290 e. The van der Waals surface area contributed by atoms with Crippen LogP contribution in [0, 0.1) is 24.7 Å². The molecule has 0 amide bonds. The Kier molecular flexibility index (Phi) is 1.78. The minimum atomic E-state index is 0.214. The van der Waals surface area contributed by atoms with Gasteiger partial charge in [-0.15, -0.1) is 12.8 Å². The molecule has 0 aromatic heterocycles. The Labute approximate surface area is 55.8 Å². The first-order chi connectivity index (χ1) is 4.36. The van der Waals surface area contributed by atoms with Crippen LogP contribution in [0.3, 0.4) is 0 Å². The van der Waals surface area contributed by atoms with Crippen molar-refractivity contribution in [3.63, 3.8) is 0 Å². The molecule has 0 aromatic rings. The quantitative estimate of drug-likeness (QED) is 0.454. The average Bonchev–Trinajstić information content (AvgIpc) is 2.34. The maximum Gasteiger partial charge on any atom is 0.0697 e. The number of hydrogen-bond acceptors (Lipinski definition) is 1. The van der Waals surface area contributed by atoms with Crippen LogP contribution in [0.2, 0.25) is 0 Å². The van der Waals surface area contributed by atoms with Gasteiger partial charge in [-0.25, -0.2) is 0 Å². The lowest BCUT2D eigenvalue weighted by atomic mass is 10.2. The normalized spacial score (nSPS) is 33.1. The fourth-order valence-electron chi connectivity index (χ4n) is 1.01. The van der Waals surface area contributed by atoms with Gasteiger partial charge >= 0.3 is 0 Å². The van der Waals surface area contributed by atoms with Crippen LogP contribution >= 0.6 is 0 Å². The van der Waals surface area contributed by atoms with Crippen molar-refractivity contribution >= 4 is 0 Å². The van der Waals surface area contributed by atoms with Crippen LogP contribution in [0.1, 0.15) is 12.8 Å². The van der Waals surface area contributed by atoms with Crippen LogP contribution < -0.4 is 5.32 Å². The summed E-state index contributed by atoms with van der Waals surface area (Å²) < 4.78 is 0. The topological polar surface area (TPSA) is 12.0 Å². The van der Waals surface area contributed by atoms with Crippen LogP contribution in [-0.2, 0) is 0 Å². The van der Waals surface area contributed by atoms with Gasteiger partial charge in [0.05, 0.1) is 12.1 Å². The molecule has 0 aliphatic carbocycles. The third kappa shape index (κ3) is 1.25. The highest BCUT2D eigenvalue weighted by Gasteiger charge is 2.18. The number of terminal acetylenes is 2. The average molecular weight is 119 g/mol. The highest BCUT2D eigenvalue weighted by Crippen LogP contribution is 2.09. The molecule has 0 spiro atoms. The van der Waals surface area contributed by atoms with Crippen LogP contribution in [0.5, 0.6) is 0 Å². The van der Waals surface area contributed by atoms with Gasteiger partial charge in [0, 0.05) is 0 Å². The predicted octanol–water partition coefficient (Wildman–Crippen LogP) is 0.373. The Morgan fingerprint density at radius 2 is 1.56 bits per heavy atom. The minimum absolute atomic E-state index is 0.214. The molecule has 0 unspecified atom stereocenters. The zero-order chi connectivity index (χ0) is 6.69. The maximum absolute atomic E-state index is 5.17. The molecule has 9 heavy (non-hydrogen) atoms. The van der Waals surface area contributed by atoms with E-state index in [-0.39, 0.29) is 12.1 Å². The standard InChI is InChI=1S/C8H9N/c1-3-7-5-6-8(4-2)9-7/h1-2,7-9H,5-6H2/t7-,8-/m1/s1. The first kappa shape index (κ1) is 6.20. The molecule has 0 aromatic carbocycles. The molecular formula is C8H9N. The van der Waals surface area contributed by atoms with Crippen molar-refractivity contribution in [3.8, 4) is 24.7 Å². The van der Waals surface area contributed by atoms with E-state index in [0.717, 1.165) is 12.8 Å². The minimum Gasteiger partial charge on any atom is -0.290 e. The summed E-state index contributed by atoms with van der Waals surface area (Å²) in [5, 5.41) is 3.12. The molecule has 1 N–H and O–H groups in total. The lowest BCUT2D eigenvalue weighted by Gasteiger charge is -2.00. The van der Waals surface area contributed by atoms with Crippen molar-refractivity contribution in [2.45, 2.75) is 24.9 Å². The van der Waals surface area contributed by atoms with Crippen LogP contribution in [0.15, 0.2) is 0 Å². The number of nitrogens with one attached hydrogen (secondary N) is 1. The summed E-state index contributed by atoms with van der Waals surface area (Å²) in [6, 6.07) is 0.428. The second kappa shape index (κ2) is 2.58. The van der Waals surface area contributed by atoms with Crippen LogP contribution in [0.25, 0.3) is 0 Å². The summed E-state index contributed by atoms with van der Waals surface area (Å²) in [6.07, 6.45) is 12.4. The summed E-state index contributed by atoms with van der Waals surface area (Å²) in [5.41, 5.74) is 0. The summed E-state index contributed by atoms with van der Waals surface area (Å²) >= 11 is 0. The highest BCUT2D eigenvalue weighted by atomic mass is 15.0. The van der Waals surface area contributed by atoms with Gasteiger partial charge in [-0.1, -0.05) is 11.8 Å². The predicted molar refractivity (Wildman–Crippen MR) is 37.6 cm³/mol. The van der Waals surface area contributed by atoms with E-state index in [1.807, 2.05) is 0 Å². The molecule has 1 aliphatic heterocycles. The molecule has 1 rings (SSSR count). The second-order valence-corrected chi connectivity index (χ2v) is 2.18. The van der Waals surface area contributed by atoms with Gasteiger partial charge in [-0.2, -0.15) is 0 Å². The maximum atomic E-state index is 5.17. The molecule has 46 valence electrons. The summed E-state index contributed by atoms with van der Waals surface area (Å²) in [5.74, 6) is 5.24. The van der Waals surface area contributed by atoms with E-state index >= 15 is 0 Å². The van der Waals surface area contributed by atoms with Crippen molar-refractivity contribution < 1.29 is 0 Å². The Hall–Kier alpha value is -0.920. The Morgan fingerprint density at radius 1 is 1.11 bits per heavy atom. The monoisotopic (exact) mass is 119 g/mol. The third-order valence-corrected chi connectivity index (χ3v) is 1.55. The van der Waals surface area contributed by atoms with Crippen LogP contribution in [-0.4, -0.2) is 12.1 Å². The van der Waals surface area contributed by atoms with E-state index in [0.29, 0.717) is 0 Å². The molecule has 1 aliphatic rings. The fourth-order valence-corrected chi connectivity index (χ4v) is 1.01. The van der Waals surface area contributed by atoms with Gasteiger partial charge in [-0.05, 0) is 12.8 Å². The molecular weight excluding hydrogens is 110 g/mol. The SMILES string of the molecule is C#C[C@@H]1CC[C@@H](C#C)N1. The van der Waals surface area contributed by atoms with Gasteiger partial charge in [0.25, 0.3) is 0 Å². The van der Waals surface area contributed by atoms with Crippen molar-refractivity contribution in [1.82, 2.24) is 5.32 Å². The number of rotatable bonds is 0. The van der Waals surface area contributed by atoms with Crippen LogP contribution in [0.4, 0.5) is 0 Å². The molecule has 1 heteroatoms. The van der Waals surface area contributed by atoms with E-state index in [9.17, 15) is 0 Å². The van der Waals surface area contributed by atoms with Gasteiger partial charge in [0.15, 0.2) is 0 Å². The second-order valence-electron chi connectivity index (χ2n) is 2.18. The van der Waals surface area contributed by atoms with Gasteiger partial charge in [0.1, 0.15) is 0 Å². The first-order valence-electron chi connectivity index (χ1n) is 3.05. The zero-order valence-electron chi connectivity index (χ0n) is 5.22. The zero-order valence-corrected chi connectivity index (χ0v) is 5.22. The van der Waals surface area contributed by atoms with E-state index in [1.54, 1.807) is 0 Å². The smallest absolute Gasteiger partial charge is 0.0697 e. The molecule has 1 fully saturated rings. The van der Waals surface area contributed by atoms with Gasteiger partial charge in [-0.3, -0.25) is 5.32 Å². The van der Waals surface area contributed by atoms with Crippen molar-refractivity contribution in [2.75, 3.05) is 0 Å². The molecule has 1 heterocycles. The molecule has 0 bridgehead atoms. The van der Waals surface area contributed by atoms with E-state index in [2.05, 4.69) is 17.2 Å². The van der Waals surface area contributed by atoms with E-state index in [4.69, 9.17) is 12.8 Å². The Bertz CT molecular complexity index is 150. The lowest BCUT2D eigenvalue weighted by Crippen LogP contribution is -2.26. The van der Waals surface area contributed by atoms with E-state index in [1.165, 1.54) is 0 Å². The summed E-state index contributed by atoms with van der Waals surface area (Å²) in [7, 11) is 0. The van der Waals surface area contributed by atoms with Gasteiger partial charge in [0.2, 0.25) is 0 Å².